The largest absolute Gasteiger partial charge is 0.386 e. The summed E-state index contributed by atoms with van der Waals surface area (Å²) in [6, 6.07) is 3.66. The molecule has 0 fully saturated rings. The van der Waals surface area contributed by atoms with Crippen LogP contribution in [0.1, 0.15) is 11.7 Å². The summed E-state index contributed by atoms with van der Waals surface area (Å²) < 4.78 is 30.3. The number of aliphatic hydroxyl groups is 1. The van der Waals surface area contributed by atoms with Crippen molar-refractivity contribution in [1.82, 2.24) is 0 Å². The van der Waals surface area contributed by atoms with Gasteiger partial charge in [-0.15, -0.1) is 0 Å². The lowest BCUT2D eigenvalue weighted by molar-refractivity contribution is 0.0616. The highest BCUT2D eigenvalue weighted by Gasteiger charge is 2.14. The highest BCUT2D eigenvalue weighted by Crippen LogP contribution is 2.18. The van der Waals surface area contributed by atoms with E-state index in [1.165, 1.54) is 19.2 Å². The van der Waals surface area contributed by atoms with Gasteiger partial charge in [0.2, 0.25) is 0 Å². The van der Waals surface area contributed by atoms with E-state index >= 15 is 0 Å². The summed E-state index contributed by atoms with van der Waals surface area (Å²) in [7, 11) is 1.38. The minimum atomic E-state index is -1.12. The van der Waals surface area contributed by atoms with E-state index in [0.29, 0.717) is 0 Å². The molecular weight excluding hydrogens is 178 g/mol. The third-order valence-electron chi connectivity index (χ3n) is 1.66. The predicted octanol–water partition coefficient (Wildman–Crippen LogP) is 1.64. The van der Waals surface area contributed by atoms with Crippen molar-refractivity contribution in [3.8, 4) is 0 Å². The molecular formula is C9H10F2O2. The number of hydrogen-bond acceptors (Lipinski definition) is 2. The molecule has 1 rings (SSSR count). The molecule has 0 spiro atoms. The molecule has 0 aliphatic rings. The average molecular weight is 188 g/mol. The third-order valence-corrected chi connectivity index (χ3v) is 1.66. The van der Waals surface area contributed by atoms with Crippen molar-refractivity contribution >= 4 is 0 Å². The Kier molecular flexibility index (Phi) is 3.33. The van der Waals surface area contributed by atoms with Crippen LogP contribution in [0.4, 0.5) is 8.78 Å². The lowest BCUT2D eigenvalue weighted by atomic mass is 10.1. The fourth-order valence-corrected chi connectivity index (χ4v) is 1.03. The topological polar surface area (TPSA) is 29.5 Å². The molecule has 0 radical (unpaired) electrons. The Hall–Kier alpha value is -1.00. The van der Waals surface area contributed by atoms with Crippen molar-refractivity contribution in [2.75, 3.05) is 13.7 Å². The van der Waals surface area contributed by atoms with Crippen LogP contribution < -0.4 is 0 Å². The van der Waals surface area contributed by atoms with Crippen LogP contribution in [0.25, 0.3) is 0 Å². The molecule has 1 unspecified atom stereocenters. The minimum Gasteiger partial charge on any atom is -0.386 e. The van der Waals surface area contributed by atoms with Gasteiger partial charge in [0.15, 0.2) is 11.6 Å². The summed E-state index contributed by atoms with van der Waals surface area (Å²) in [4.78, 5) is 0. The first kappa shape index (κ1) is 10.1. The Morgan fingerprint density at radius 2 is 2.15 bits per heavy atom. The Balaban J connectivity index is 2.93. The first-order chi connectivity index (χ1) is 6.16. The standard InChI is InChI=1S/C9H10F2O2/c1-13-5-8(12)6-3-2-4-7(10)9(6)11/h2-4,8,12H,5H2,1H3. The van der Waals surface area contributed by atoms with Crippen LogP contribution in [0.5, 0.6) is 0 Å². The maximum Gasteiger partial charge on any atom is 0.164 e. The van der Waals surface area contributed by atoms with Gasteiger partial charge in [0.05, 0.1) is 6.61 Å². The van der Waals surface area contributed by atoms with Crippen molar-refractivity contribution < 1.29 is 18.6 Å². The zero-order chi connectivity index (χ0) is 9.84. The molecule has 72 valence electrons. The Morgan fingerprint density at radius 1 is 1.46 bits per heavy atom. The van der Waals surface area contributed by atoms with Gasteiger partial charge in [-0.25, -0.2) is 8.78 Å². The molecule has 0 saturated carbocycles. The number of aliphatic hydroxyl groups excluding tert-OH is 1. The van der Waals surface area contributed by atoms with Crippen LogP contribution in [-0.4, -0.2) is 18.8 Å². The van der Waals surface area contributed by atoms with Gasteiger partial charge in [-0.3, -0.25) is 0 Å². The molecule has 0 aliphatic heterocycles. The van der Waals surface area contributed by atoms with Gasteiger partial charge in [0.25, 0.3) is 0 Å². The maximum atomic E-state index is 13.0. The second-order valence-corrected chi connectivity index (χ2v) is 2.61. The fourth-order valence-electron chi connectivity index (χ4n) is 1.03. The van der Waals surface area contributed by atoms with Gasteiger partial charge in [-0.1, -0.05) is 12.1 Å². The number of halogens is 2. The van der Waals surface area contributed by atoms with Crippen molar-refractivity contribution in [2.45, 2.75) is 6.10 Å². The number of methoxy groups -OCH3 is 1. The van der Waals surface area contributed by atoms with Crippen LogP contribution in [0.2, 0.25) is 0 Å². The summed E-state index contributed by atoms with van der Waals surface area (Å²) in [5, 5.41) is 9.29. The van der Waals surface area contributed by atoms with Crippen LogP contribution in [-0.2, 0) is 4.74 Å². The van der Waals surface area contributed by atoms with E-state index in [1.54, 1.807) is 0 Å². The molecule has 0 bridgehead atoms. The fraction of sp³-hybridized carbons (Fsp3) is 0.333. The smallest absolute Gasteiger partial charge is 0.164 e. The quantitative estimate of drug-likeness (QED) is 0.781. The second-order valence-electron chi connectivity index (χ2n) is 2.61. The molecule has 0 aromatic heterocycles. The Morgan fingerprint density at radius 3 is 2.77 bits per heavy atom. The molecule has 1 N–H and O–H groups in total. The van der Waals surface area contributed by atoms with Gasteiger partial charge >= 0.3 is 0 Å². The van der Waals surface area contributed by atoms with Gasteiger partial charge in [-0.2, -0.15) is 0 Å². The zero-order valence-corrected chi connectivity index (χ0v) is 7.13. The summed E-state index contributed by atoms with van der Waals surface area (Å²) in [6.07, 6.45) is -1.12. The predicted molar refractivity (Wildman–Crippen MR) is 43.2 cm³/mol. The average Bonchev–Trinajstić information content (AvgIpc) is 2.10. The zero-order valence-electron chi connectivity index (χ0n) is 7.13. The van der Waals surface area contributed by atoms with E-state index in [1.807, 2.05) is 0 Å². The highest BCUT2D eigenvalue weighted by molar-refractivity contribution is 5.21. The molecule has 1 atom stereocenters. The number of rotatable bonds is 3. The van der Waals surface area contributed by atoms with Gasteiger partial charge in [0.1, 0.15) is 6.10 Å². The van der Waals surface area contributed by atoms with Crippen molar-refractivity contribution in [3.05, 3.63) is 35.4 Å². The summed E-state index contributed by atoms with van der Waals surface area (Å²) >= 11 is 0. The van der Waals surface area contributed by atoms with Crippen LogP contribution in [0.3, 0.4) is 0 Å². The van der Waals surface area contributed by atoms with Crippen molar-refractivity contribution in [1.29, 1.82) is 0 Å². The highest BCUT2D eigenvalue weighted by atomic mass is 19.2. The SMILES string of the molecule is COCC(O)c1cccc(F)c1F. The lowest BCUT2D eigenvalue weighted by Crippen LogP contribution is -2.08. The number of ether oxygens (including phenoxy) is 1. The minimum absolute atomic E-state index is 0.0552. The molecule has 1 aromatic carbocycles. The molecule has 0 amide bonds. The summed E-state index contributed by atoms with van der Waals surface area (Å²) in [5.41, 5.74) is -0.0816. The second kappa shape index (κ2) is 4.30. The van der Waals surface area contributed by atoms with Gasteiger partial charge < -0.3 is 9.84 Å². The van der Waals surface area contributed by atoms with Crippen LogP contribution in [0.15, 0.2) is 18.2 Å². The van der Waals surface area contributed by atoms with Crippen molar-refractivity contribution in [3.63, 3.8) is 0 Å². The normalized spacial score (nSPS) is 12.9. The van der Waals surface area contributed by atoms with Crippen LogP contribution in [0, 0.1) is 11.6 Å². The summed E-state index contributed by atoms with van der Waals surface area (Å²) in [5.74, 6) is -1.99. The first-order valence-corrected chi connectivity index (χ1v) is 3.77. The first-order valence-electron chi connectivity index (χ1n) is 3.77. The van der Waals surface area contributed by atoms with Crippen molar-refractivity contribution in [2.24, 2.45) is 0 Å². The van der Waals surface area contributed by atoms with Gasteiger partial charge in [-0.05, 0) is 6.07 Å². The van der Waals surface area contributed by atoms with Crippen LogP contribution >= 0.6 is 0 Å². The Bertz CT molecular complexity index is 289. The number of hydrogen-bond donors (Lipinski definition) is 1. The molecule has 1 aromatic rings. The van der Waals surface area contributed by atoms with E-state index in [-0.39, 0.29) is 12.2 Å². The summed E-state index contributed by atoms with van der Waals surface area (Å²) in [6.45, 7) is -0.0552. The number of benzene rings is 1. The third kappa shape index (κ3) is 2.23. The van der Waals surface area contributed by atoms with Gasteiger partial charge in [0, 0.05) is 12.7 Å². The molecule has 13 heavy (non-hydrogen) atoms. The Labute approximate surface area is 74.8 Å². The molecule has 0 saturated heterocycles. The van der Waals surface area contributed by atoms with E-state index in [2.05, 4.69) is 4.74 Å². The van der Waals surface area contributed by atoms with E-state index in [9.17, 15) is 13.9 Å². The monoisotopic (exact) mass is 188 g/mol. The maximum absolute atomic E-state index is 13.0. The molecule has 4 heteroatoms. The van der Waals surface area contributed by atoms with E-state index < -0.39 is 17.7 Å². The van der Waals surface area contributed by atoms with E-state index in [0.717, 1.165) is 6.07 Å². The van der Waals surface area contributed by atoms with E-state index in [4.69, 9.17) is 0 Å². The molecule has 2 nitrogen and oxygen atoms in total. The molecule has 0 aliphatic carbocycles. The lowest BCUT2D eigenvalue weighted by Gasteiger charge is -2.10. The molecule has 0 heterocycles.